The summed E-state index contributed by atoms with van der Waals surface area (Å²) >= 11 is 0. The Bertz CT molecular complexity index is 504. The van der Waals surface area contributed by atoms with Gasteiger partial charge in [0.25, 0.3) is 5.91 Å². The Hall–Kier alpha value is -1.63. The number of hydrogen-bond acceptors (Lipinski definition) is 3. The lowest BCUT2D eigenvalue weighted by atomic mass is 9.97. The lowest BCUT2D eigenvalue weighted by Crippen LogP contribution is -2.56. The number of hydrogen-bond donors (Lipinski definition) is 1. The van der Waals surface area contributed by atoms with Gasteiger partial charge >= 0.3 is 6.18 Å². The minimum absolute atomic E-state index is 0.0864. The predicted molar refractivity (Wildman–Crippen MR) is 67.1 cm³/mol. The van der Waals surface area contributed by atoms with E-state index < -0.39 is 24.2 Å². The number of aryl methyl sites for hydroxylation is 1. The number of halogens is 3. The van der Waals surface area contributed by atoms with Gasteiger partial charge in [-0.1, -0.05) is 0 Å². The SMILES string of the molecule is Cc1cncc(C(=O)N2CC(N)CCC2C(F)(F)F)c1. The minimum Gasteiger partial charge on any atom is -0.326 e. The van der Waals surface area contributed by atoms with Crippen molar-refractivity contribution in [3.8, 4) is 0 Å². The van der Waals surface area contributed by atoms with Crippen LogP contribution in [0.3, 0.4) is 0 Å². The quantitative estimate of drug-likeness (QED) is 0.858. The van der Waals surface area contributed by atoms with E-state index in [0.717, 1.165) is 10.5 Å². The average molecular weight is 287 g/mol. The number of rotatable bonds is 1. The highest BCUT2D eigenvalue weighted by molar-refractivity contribution is 5.94. The first-order chi connectivity index (χ1) is 9.29. The summed E-state index contributed by atoms with van der Waals surface area (Å²) in [6.45, 7) is 1.64. The minimum atomic E-state index is -4.44. The molecule has 0 saturated carbocycles. The van der Waals surface area contributed by atoms with E-state index >= 15 is 0 Å². The van der Waals surface area contributed by atoms with Crippen molar-refractivity contribution in [1.82, 2.24) is 9.88 Å². The van der Waals surface area contributed by atoms with Gasteiger partial charge in [0.05, 0.1) is 5.56 Å². The van der Waals surface area contributed by atoms with Crippen molar-refractivity contribution in [2.75, 3.05) is 6.54 Å². The molecular weight excluding hydrogens is 271 g/mol. The van der Waals surface area contributed by atoms with E-state index in [0.29, 0.717) is 0 Å². The number of alkyl halides is 3. The predicted octanol–water partition coefficient (Wildman–Crippen LogP) is 1.88. The topological polar surface area (TPSA) is 59.2 Å². The molecule has 2 atom stereocenters. The van der Waals surface area contributed by atoms with Crippen LogP contribution in [0.15, 0.2) is 18.5 Å². The van der Waals surface area contributed by atoms with E-state index in [1.807, 2.05) is 0 Å². The van der Waals surface area contributed by atoms with Crippen LogP contribution < -0.4 is 5.73 Å². The third-order valence-corrected chi connectivity index (χ3v) is 3.38. The molecule has 110 valence electrons. The number of nitrogens with zero attached hydrogens (tertiary/aromatic N) is 2. The number of piperidine rings is 1. The van der Waals surface area contributed by atoms with Crippen molar-refractivity contribution < 1.29 is 18.0 Å². The van der Waals surface area contributed by atoms with E-state index in [-0.39, 0.29) is 24.9 Å². The lowest BCUT2D eigenvalue weighted by Gasteiger charge is -2.39. The highest BCUT2D eigenvalue weighted by Crippen LogP contribution is 2.32. The smallest absolute Gasteiger partial charge is 0.326 e. The van der Waals surface area contributed by atoms with Crippen LogP contribution in [0.25, 0.3) is 0 Å². The molecule has 2 heterocycles. The molecule has 4 nitrogen and oxygen atoms in total. The van der Waals surface area contributed by atoms with Gasteiger partial charge in [-0.15, -0.1) is 0 Å². The highest BCUT2D eigenvalue weighted by atomic mass is 19.4. The molecule has 0 bridgehead atoms. The van der Waals surface area contributed by atoms with Gasteiger partial charge in [0.15, 0.2) is 0 Å². The number of pyridine rings is 1. The first-order valence-corrected chi connectivity index (χ1v) is 6.34. The maximum Gasteiger partial charge on any atom is 0.408 e. The highest BCUT2D eigenvalue weighted by Gasteiger charge is 2.47. The fourth-order valence-electron chi connectivity index (χ4n) is 2.40. The average Bonchev–Trinajstić information content (AvgIpc) is 2.36. The summed E-state index contributed by atoms with van der Waals surface area (Å²) in [4.78, 5) is 17.0. The van der Waals surface area contributed by atoms with E-state index in [1.165, 1.54) is 12.3 Å². The zero-order valence-corrected chi connectivity index (χ0v) is 11.0. The van der Waals surface area contributed by atoms with Crippen LogP contribution in [-0.4, -0.2) is 40.6 Å². The van der Waals surface area contributed by atoms with Gasteiger partial charge in [0.1, 0.15) is 6.04 Å². The second kappa shape index (κ2) is 5.40. The number of nitrogens with two attached hydrogens (primary N) is 1. The van der Waals surface area contributed by atoms with Gasteiger partial charge in [-0.25, -0.2) is 0 Å². The molecule has 20 heavy (non-hydrogen) atoms. The van der Waals surface area contributed by atoms with Crippen molar-refractivity contribution in [2.45, 2.75) is 38.0 Å². The summed E-state index contributed by atoms with van der Waals surface area (Å²) < 4.78 is 39.1. The third kappa shape index (κ3) is 3.09. The number of carbonyl (C=O) groups excluding carboxylic acids is 1. The van der Waals surface area contributed by atoms with Crippen molar-refractivity contribution in [3.63, 3.8) is 0 Å². The van der Waals surface area contributed by atoms with Crippen LogP contribution >= 0.6 is 0 Å². The molecule has 1 aromatic heterocycles. The molecule has 1 fully saturated rings. The van der Waals surface area contributed by atoms with Gasteiger partial charge in [-0.05, 0) is 31.4 Å². The van der Waals surface area contributed by atoms with Gasteiger partial charge in [0, 0.05) is 25.0 Å². The summed E-state index contributed by atoms with van der Waals surface area (Å²) in [6.07, 6.45) is -1.51. The van der Waals surface area contributed by atoms with Crippen LogP contribution in [-0.2, 0) is 0 Å². The maximum atomic E-state index is 13.0. The molecule has 1 amide bonds. The normalized spacial score (nSPS) is 23.8. The van der Waals surface area contributed by atoms with E-state index in [9.17, 15) is 18.0 Å². The summed E-state index contributed by atoms with van der Waals surface area (Å²) in [6, 6.07) is -0.659. The second-order valence-electron chi connectivity index (χ2n) is 5.10. The zero-order valence-electron chi connectivity index (χ0n) is 11.0. The molecule has 0 aromatic carbocycles. The summed E-state index contributed by atoms with van der Waals surface area (Å²) in [5.74, 6) is -0.668. The van der Waals surface area contributed by atoms with Crippen LogP contribution in [0.1, 0.15) is 28.8 Å². The van der Waals surface area contributed by atoms with Crippen molar-refractivity contribution in [2.24, 2.45) is 5.73 Å². The Labute approximate surface area is 114 Å². The molecule has 0 radical (unpaired) electrons. The van der Waals surface area contributed by atoms with Crippen molar-refractivity contribution in [1.29, 1.82) is 0 Å². The Morgan fingerprint density at radius 1 is 1.40 bits per heavy atom. The zero-order chi connectivity index (χ0) is 14.9. The molecule has 1 saturated heterocycles. The fourth-order valence-corrected chi connectivity index (χ4v) is 2.40. The maximum absolute atomic E-state index is 13.0. The Kier molecular flexibility index (Phi) is 3.99. The Morgan fingerprint density at radius 2 is 2.10 bits per heavy atom. The first-order valence-electron chi connectivity index (χ1n) is 6.34. The molecule has 2 N–H and O–H groups in total. The summed E-state index contributed by atoms with van der Waals surface area (Å²) in [7, 11) is 0. The molecule has 1 aliphatic heterocycles. The van der Waals surface area contributed by atoms with Crippen LogP contribution in [0.5, 0.6) is 0 Å². The number of amides is 1. The van der Waals surface area contributed by atoms with Gasteiger partial charge in [-0.2, -0.15) is 13.2 Å². The van der Waals surface area contributed by atoms with Crippen LogP contribution in [0.2, 0.25) is 0 Å². The van der Waals surface area contributed by atoms with Gasteiger partial charge < -0.3 is 10.6 Å². The van der Waals surface area contributed by atoms with Crippen LogP contribution in [0, 0.1) is 6.92 Å². The van der Waals surface area contributed by atoms with E-state index in [1.54, 1.807) is 13.1 Å². The first kappa shape index (κ1) is 14.8. The molecule has 7 heteroatoms. The van der Waals surface area contributed by atoms with Gasteiger partial charge in [-0.3, -0.25) is 9.78 Å². The van der Waals surface area contributed by atoms with E-state index in [2.05, 4.69) is 4.98 Å². The monoisotopic (exact) mass is 287 g/mol. The largest absolute Gasteiger partial charge is 0.408 e. The standard InChI is InChI=1S/C13H16F3N3O/c1-8-4-9(6-18-5-8)12(20)19-7-10(17)2-3-11(19)13(14,15)16/h4-6,10-11H,2-3,7,17H2,1H3. The van der Waals surface area contributed by atoms with Crippen molar-refractivity contribution in [3.05, 3.63) is 29.6 Å². The lowest BCUT2D eigenvalue weighted by molar-refractivity contribution is -0.184. The molecule has 2 unspecified atom stereocenters. The second-order valence-corrected chi connectivity index (χ2v) is 5.10. The molecule has 1 aromatic rings. The molecule has 1 aliphatic rings. The molecular formula is C13H16F3N3O. The third-order valence-electron chi connectivity index (χ3n) is 3.38. The fraction of sp³-hybridized carbons (Fsp3) is 0.538. The number of likely N-dealkylation sites (tertiary alicyclic amines) is 1. The van der Waals surface area contributed by atoms with Gasteiger partial charge in [0.2, 0.25) is 0 Å². The Balaban J connectivity index is 2.29. The van der Waals surface area contributed by atoms with E-state index in [4.69, 9.17) is 5.73 Å². The summed E-state index contributed by atoms with van der Waals surface area (Å²) in [5, 5.41) is 0. The number of carbonyl (C=O) groups is 1. The molecule has 0 aliphatic carbocycles. The van der Waals surface area contributed by atoms with Crippen molar-refractivity contribution >= 4 is 5.91 Å². The number of aromatic nitrogens is 1. The molecule has 2 rings (SSSR count). The summed E-state index contributed by atoms with van der Waals surface area (Å²) in [5.41, 5.74) is 6.58. The Morgan fingerprint density at radius 3 is 2.70 bits per heavy atom. The molecule has 0 spiro atoms. The van der Waals surface area contributed by atoms with Crippen LogP contribution in [0.4, 0.5) is 13.2 Å².